The second kappa shape index (κ2) is 6.27. The minimum Gasteiger partial charge on any atom is -0.392 e. The number of para-hydroxylation sites is 1. The lowest BCUT2D eigenvalue weighted by atomic mass is 10.2. The Morgan fingerprint density at radius 2 is 2.17 bits per heavy atom. The summed E-state index contributed by atoms with van der Waals surface area (Å²) in [6, 6.07) is 10.1. The summed E-state index contributed by atoms with van der Waals surface area (Å²) >= 11 is 3.54. The van der Waals surface area contributed by atoms with Gasteiger partial charge >= 0.3 is 0 Å². The number of nitrogens with zero attached hydrogens (tertiary/aromatic N) is 1. The Hall–Kier alpha value is -0.970. The molecule has 0 aliphatic heterocycles. The number of hydrogen-bond donors (Lipinski definition) is 2. The molecule has 2 N–H and O–H groups in total. The van der Waals surface area contributed by atoms with E-state index in [2.05, 4.69) is 32.3 Å². The molecule has 0 saturated heterocycles. The van der Waals surface area contributed by atoms with E-state index in [-0.39, 0.29) is 6.10 Å². The fourth-order valence-corrected chi connectivity index (χ4v) is 2.23. The van der Waals surface area contributed by atoms with Gasteiger partial charge in [-0.25, -0.2) is 0 Å². The maximum absolute atomic E-state index is 9.48. The normalized spacial score (nSPS) is 12.8. The molecule has 3 nitrogen and oxygen atoms in total. The van der Waals surface area contributed by atoms with Crippen molar-refractivity contribution in [1.82, 2.24) is 10.3 Å². The fourth-order valence-electron chi connectivity index (χ4n) is 1.76. The van der Waals surface area contributed by atoms with Crippen molar-refractivity contribution in [2.45, 2.75) is 26.0 Å². The van der Waals surface area contributed by atoms with Crippen molar-refractivity contribution in [2.24, 2.45) is 0 Å². The average molecular weight is 309 g/mol. The van der Waals surface area contributed by atoms with Gasteiger partial charge in [0.25, 0.3) is 0 Å². The van der Waals surface area contributed by atoms with Crippen molar-refractivity contribution in [1.29, 1.82) is 0 Å². The van der Waals surface area contributed by atoms with Crippen molar-refractivity contribution in [3.63, 3.8) is 0 Å². The molecule has 0 aliphatic rings. The SMILES string of the molecule is CCC(O)CNCc1nc2ccccc2cc1Br. The molecule has 0 amide bonds. The summed E-state index contributed by atoms with van der Waals surface area (Å²) in [5.41, 5.74) is 1.96. The van der Waals surface area contributed by atoms with Gasteiger partial charge in [-0.15, -0.1) is 0 Å². The van der Waals surface area contributed by atoms with E-state index in [1.165, 1.54) is 0 Å². The predicted octanol–water partition coefficient (Wildman–Crippen LogP) is 2.86. The summed E-state index contributed by atoms with van der Waals surface area (Å²) < 4.78 is 1.000. The van der Waals surface area contributed by atoms with E-state index in [9.17, 15) is 5.11 Å². The standard InChI is InChI=1S/C14H17BrN2O/c1-2-11(18)8-16-9-14-12(15)7-10-5-3-4-6-13(10)17-14/h3-7,11,16,18H,2,8-9H2,1H3. The lowest BCUT2D eigenvalue weighted by molar-refractivity contribution is 0.167. The molecule has 1 heterocycles. The minimum absolute atomic E-state index is 0.288. The van der Waals surface area contributed by atoms with E-state index in [4.69, 9.17) is 0 Å². The highest BCUT2D eigenvalue weighted by Crippen LogP contribution is 2.21. The van der Waals surface area contributed by atoms with Crippen molar-refractivity contribution in [2.75, 3.05) is 6.54 Å². The number of hydrogen-bond acceptors (Lipinski definition) is 3. The molecule has 1 atom stereocenters. The second-order valence-electron chi connectivity index (χ2n) is 4.30. The van der Waals surface area contributed by atoms with Crippen LogP contribution in [0, 0.1) is 0 Å². The summed E-state index contributed by atoms with van der Waals surface area (Å²) in [5.74, 6) is 0. The summed E-state index contributed by atoms with van der Waals surface area (Å²) in [7, 11) is 0. The molecule has 0 radical (unpaired) electrons. The van der Waals surface area contributed by atoms with Gasteiger partial charge in [0.15, 0.2) is 0 Å². The fraction of sp³-hybridized carbons (Fsp3) is 0.357. The molecule has 2 aromatic rings. The number of aliphatic hydroxyl groups is 1. The largest absolute Gasteiger partial charge is 0.392 e. The van der Waals surface area contributed by atoms with Crippen LogP contribution in [0.3, 0.4) is 0 Å². The Kier molecular flexibility index (Phi) is 4.69. The van der Waals surface area contributed by atoms with E-state index in [1.54, 1.807) is 0 Å². The number of benzene rings is 1. The molecule has 0 bridgehead atoms. The molecule has 2 rings (SSSR count). The van der Waals surface area contributed by atoms with Gasteiger partial charge in [0.2, 0.25) is 0 Å². The van der Waals surface area contributed by atoms with Crippen LogP contribution in [0.2, 0.25) is 0 Å². The van der Waals surface area contributed by atoms with Crippen LogP contribution in [0.4, 0.5) is 0 Å². The van der Waals surface area contributed by atoms with E-state index in [1.807, 2.05) is 31.2 Å². The van der Waals surface area contributed by atoms with Crippen molar-refractivity contribution >= 4 is 26.8 Å². The molecule has 18 heavy (non-hydrogen) atoms. The van der Waals surface area contributed by atoms with Crippen molar-refractivity contribution < 1.29 is 5.11 Å². The van der Waals surface area contributed by atoms with E-state index >= 15 is 0 Å². The molecule has 1 aromatic heterocycles. The van der Waals surface area contributed by atoms with Crippen LogP contribution < -0.4 is 5.32 Å². The van der Waals surface area contributed by atoms with E-state index < -0.39 is 0 Å². The van der Waals surface area contributed by atoms with Crippen LogP contribution in [-0.4, -0.2) is 22.7 Å². The van der Waals surface area contributed by atoms with Crippen LogP contribution in [-0.2, 0) is 6.54 Å². The zero-order chi connectivity index (χ0) is 13.0. The second-order valence-corrected chi connectivity index (χ2v) is 5.16. The monoisotopic (exact) mass is 308 g/mol. The molecule has 1 aromatic carbocycles. The Labute approximate surface area is 115 Å². The summed E-state index contributed by atoms with van der Waals surface area (Å²) in [5, 5.41) is 13.8. The highest BCUT2D eigenvalue weighted by atomic mass is 79.9. The van der Waals surface area contributed by atoms with Gasteiger partial charge in [-0.1, -0.05) is 25.1 Å². The number of rotatable bonds is 5. The molecule has 0 spiro atoms. The minimum atomic E-state index is -0.288. The molecule has 0 fully saturated rings. The molecule has 4 heteroatoms. The van der Waals surface area contributed by atoms with Crippen LogP contribution in [0.25, 0.3) is 10.9 Å². The summed E-state index contributed by atoms with van der Waals surface area (Å²) in [6.07, 6.45) is 0.475. The van der Waals surface area contributed by atoms with Gasteiger partial charge in [-0.05, 0) is 34.5 Å². The van der Waals surface area contributed by atoms with Gasteiger partial charge in [0, 0.05) is 22.9 Å². The quantitative estimate of drug-likeness (QED) is 0.893. The summed E-state index contributed by atoms with van der Waals surface area (Å²) in [6.45, 7) is 3.22. The van der Waals surface area contributed by atoms with Gasteiger partial charge < -0.3 is 10.4 Å². The number of aliphatic hydroxyl groups excluding tert-OH is 1. The number of nitrogens with one attached hydrogen (secondary N) is 1. The number of aromatic nitrogens is 1. The highest BCUT2D eigenvalue weighted by Gasteiger charge is 2.05. The third kappa shape index (κ3) is 3.28. The Morgan fingerprint density at radius 1 is 1.39 bits per heavy atom. The molecular formula is C14H17BrN2O. The average Bonchev–Trinajstić information content (AvgIpc) is 2.39. The Morgan fingerprint density at radius 3 is 2.94 bits per heavy atom. The lowest BCUT2D eigenvalue weighted by Gasteiger charge is -2.10. The van der Waals surface area contributed by atoms with Crippen LogP contribution >= 0.6 is 15.9 Å². The van der Waals surface area contributed by atoms with E-state index in [0.29, 0.717) is 13.1 Å². The zero-order valence-electron chi connectivity index (χ0n) is 10.4. The lowest BCUT2D eigenvalue weighted by Crippen LogP contribution is -2.26. The molecular weight excluding hydrogens is 292 g/mol. The predicted molar refractivity (Wildman–Crippen MR) is 77.4 cm³/mol. The Balaban J connectivity index is 2.10. The highest BCUT2D eigenvalue weighted by molar-refractivity contribution is 9.10. The van der Waals surface area contributed by atoms with Crippen LogP contribution in [0.1, 0.15) is 19.0 Å². The number of halogens is 1. The first kappa shape index (κ1) is 13.5. The van der Waals surface area contributed by atoms with Crippen molar-refractivity contribution in [3.8, 4) is 0 Å². The maximum atomic E-state index is 9.48. The van der Waals surface area contributed by atoms with Gasteiger partial charge in [0.05, 0.1) is 17.3 Å². The first-order valence-electron chi connectivity index (χ1n) is 6.13. The van der Waals surface area contributed by atoms with Gasteiger partial charge in [-0.2, -0.15) is 0 Å². The number of fused-ring (bicyclic) bond motifs is 1. The van der Waals surface area contributed by atoms with Crippen molar-refractivity contribution in [3.05, 3.63) is 40.5 Å². The molecule has 96 valence electrons. The first-order chi connectivity index (χ1) is 8.70. The first-order valence-corrected chi connectivity index (χ1v) is 6.93. The third-order valence-corrected chi connectivity index (χ3v) is 3.58. The van der Waals surface area contributed by atoms with Crippen LogP contribution in [0.15, 0.2) is 34.8 Å². The maximum Gasteiger partial charge on any atom is 0.0706 e. The zero-order valence-corrected chi connectivity index (χ0v) is 11.9. The Bertz CT molecular complexity index is 530. The summed E-state index contributed by atoms with van der Waals surface area (Å²) in [4.78, 5) is 4.61. The van der Waals surface area contributed by atoms with Crippen LogP contribution in [0.5, 0.6) is 0 Å². The van der Waals surface area contributed by atoms with Gasteiger partial charge in [0.1, 0.15) is 0 Å². The molecule has 0 aliphatic carbocycles. The molecule has 1 unspecified atom stereocenters. The number of pyridine rings is 1. The van der Waals surface area contributed by atoms with E-state index in [0.717, 1.165) is 27.5 Å². The topological polar surface area (TPSA) is 45.1 Å². The third-order valence-electron chi connectivity index (χ3n) is 2.89. The molecule has 0 saturated carbocycles. The smallest absolute Gasteiger partial charge is 0.0706 e. The van der Waals surface area contributed by atoms with Gasteiger partial charge in [-0.3, -0.25) is 4.98 Å².